The number of esters is 2. The number of hydrogen-bond donors (Lipinski definition) is 0. The van der Waals surface area contributed by atoms with Crippen LogP contribution in [0.4, 0.5) is 15.0 Å². The smallest absolute Gasteiger partial charge is 0.410 e. The topological polar surface area (TPSA) is 108 Å². The lowest BCUT2D eigenvalue weighted by molar-refractivity contribution is -0.172. The van der Waals surface area contributed by atoms with Gasteiger partial charge in [0.1, 0.15) is 29.7 Å². The standard InChI is InChI=1S/C31H42FN3O7/c1-30(2,3)42-29(38)34(6)24(19-31(4,5)32)27(36)41-25(28(37)40-21-22-10-8-7-9-11-22)18-23-12-13-26(33-20-23)35-14-16-39-17-15-35/h7-13,20,24-25H,14-19,21H2,1-6H3/t24-,25?/m0/s1. The minimum Gasteiger partial charge on any atom is -0.458 e. The first-order chi connectivity index (χ1) is 19.7. The molecule has 2 atom stereocenters. The quantitative estimate of drug-likeness (QED) is 0.278. The van der Waals surface area contributed by atoms with E-state index < -0.39 is 41.4 Å². The number of benzene rings is 1. The van der Waals surface area contributed by atoms with Gasteiger partial charge in [-0.1, -0.05) is 36.4 Å². The maximum absolute atomic E-state index is 14.8. The molecule has 230 valence electrons. The average Bonchev–Trinajstić information content (AvgIpc) is 2.94. The summed E-state index contributed by atoms with van der Waals surface area (Å²) in [5.74, 6) is -0.956. The van der Waals surface area contributed by atoms with Crippen LogP contribution in [0.15, 0.2) is 48.7 Å². The zero-order chi connectivity index (χ0) is 30.9. The lowest BCUT2D eigenvalue weighted by atomic mass is 10.00. The normalized spacial score (nSPS) is 15.4. The Hall–Kier alpha value is -3.73. The molecule has 0 saturated carbocycles. The fourth-order valence-electron chi connectivity index (χ4n) is 4.24. The van der Waals surface area contributed by atoms with Gasteiger partial charge in [-0.2, -0.15) is 0 Å². The van der Waals surface area contributed by atoms with Gasteiger partial charge >= 0.3 is 18.0 Å². The molecule has 1 amide bonds. The number of anilines is 1. The van der Waals surface area contributed by atoms with E-state index in [1.807, 2.05) is 24.3 Å². The summed E-state index contributed by atoms with van der Waals surface area (Å²) in [5.41, 5.74) is -1.28. The van der Waals surface area contributed by atoms with Gasteiger partial charge < -0.3 is 23.8 Å². The van der Waals surface area contributed by atoms with Gasteiger partial charge in [0.05, 0.1) is 13.2 Å². The molecule has 1 aliphatic rings. The van der Waals surface area contributed by atoms with Gasteiger partial charge in [0, 0.05) is 39.2 Å². The number of hydrogen-bond acceptors (Lipinski definition) is 9. The number of ether oxygens (including phenoxy) is 4. The van der Waals surface area contributed by atoms with Crippen molar-refractivity contribution >= 4 is 23.8 Å². The number of pyridine rings is 1. The van der Waals surface area contributed by atoms with Gasteiger partial charge in [-0.05, 0) is 51.8 Å². The third-order valence-electron chi connectivity index (χ3n) is 6.41. The molecule has 1 unspecified atom stereocenters. The number of carbonyl (C=O) groups excluding carboxylic acids is 3. The van der Waals surface area contributed by atoms with Crippen LogP contribution in [0.3, 0.4) is 0 Å². The third-order valence-corrected chi connectivity index (χ3v) is 6.41. The first-order valence-corrected chi connectivity index (χ1v) is 14.1. The molecule has 0 radical (unpaired) electrons. The van der Waals surface area contributed by atoms with Crippen LogP contribution in [0.1, 0.15) is 52.2 Å². The lowest BCUT2D eigenvalue weighted by Crippen LogP contribution is -2.49. The number of amides is 1. The molecule has 3 rings (SSSR count). The van der Waals surface area contributed by atoms with Gasteiger partial charge in [0.25, 0.3) is 0 Å². The SMILES string of the molecule is CN(C(=O)OC(C)(C)C)[C@@H](CC(C)(C)F)C(=O)OC(Cc1ccc(N2CCOCC2)nc1)C(=O)OCc1ccccc1. The molecule has 0 spiro atoms. The van der Waals surface area contributed by atoms with Crippen LogP contribution in [0.25, 0.3) is 0 Å². The molecule has 1 fully saturated rings. The monoisotopic (exact) mass is 587 g/mol. The van der Waals surface area contributed by atoms with Gasteiger partial charge in [-0.25, -0.2) is 23.8 Å². The fraction of sp³-hybridized carbons (Fsp3) is 0.548. The Balaban J connectivity index is 1.81. The van der Waals surface area contributed by atoms with Gasteiger partial charge in [-0.3, -0.25) is 4.90 Å². The molecule has 1 saturated heterocycles. The van der Waals surface area contributed by atoms with Gasteiger partial charge in [0.2, 0.25) is 6.10 Å². The van der Waals surface area contributed by atoms with E-state index in [0.717, 1.165) is 29.4 Å². The molecule has 0 aliphatic carbocycles. The highest BCUT2D eigenvalue weighted by atomic mass is 19.1. The van der Waals surface area contributed by atoms with E-state index in [9.17, 15) is 18.8 Å². The van der Waals surface area contributed by atoms with Gasteiger partial charge in [-0.15, -0.1) is 0 Å². The molecule has 10 nitrogen and oxygen atoms in total. The lowest BCUT2D eigenvalue weighted by Gasteiger charge is -2.32. The first kappa shape index (κ1) is 32.8. The van der Waals surface area contributed by atoms with E-state index in [-0.39, 0.29) is 19.4 Å². The summed E-state index contributed by atoms with van der Waals surface area (Å²) in [6.45, 7) is 10.3. The van der Waals surface area contributed by atoms with Crippen molar-refractivity contribution in [3.63, 3.8) is 0 Å². The Morgan fingerprint density at radius 2 is 1.67 bits per heavy atom. The van der Waals surface area contributed by atoms with E-state index in [2.05, 4.69) is 9.88 Å². The second-order valence-electron chi connectivity index (χ2n) is 11.9. The first-order valence-electron chi connectivity index (χ1n) is 14.1. The van der Waals surface area contributed by atoms with E-state index in [0.29, 0.717) is 18.8 Å². The van der Waals surface area contributed by atoms with Crippen LogP contribution in [-0.2, 0) is 41.6 Å². The molecule has 1 aromatic carbocycles. The summed E-state index contributed by atoms with van der Waals surface area (Å²) >= 11 is 0. The summed E-state index contributed by atoms with van der Waals surface area (Å²) in [4.78, 5) is 47.1. The number of halogens is 1. The Morgan fingerprint density at radius 3 is 2.24 bits per heavy atom. The number of likely N-dealkylation sites (N-methyl/N-ethyl adjacent to an activating group) is 1. The van der Waals surface area contributed by atoms with E-state index in [1.54, 1.807) is 45.2 Å². The number of morpholine rings is 1. The van der Waals surface area contributed by atoms with E-state index in [4.69, 9.17) is 18.9 Å². The van der Waals surface area contributed by atoms with Crippen LogP contribution in [-0.4, -0.2) is 84.7 Å². The van der Waals surface area contributed by atoms with Crippen LogP contribution < -0.4 is 4.90 Å². The molecule has 1 aliphatic heterocycles. The number of alkyl halides is 1. The van der Waals surface area contributed by atoms with Crippen molar-refractivity contribution in [3.05, 3.63) is 59.8 Å². The van der Waals surface area contributed by atoms with Gasteiger partial charge in [0.15, 0.2) is 0 Å². The van der Waals surface area contributed by atoms with Crippen molar-refractivity contribution in [1.29, 1.82) is 0 Å². The number of rotatable bonds is 11. The van der Waals surface area contributed by atoms with Crippen molar-refractivity contribution in [3.8, 4) is 0 Å². The predicted octanol–water partition coefficient (Wildman–Crippen LogP) is 4.49. The zero-order valence-electron chi connectivity index (χ0n) is 25.3. The van der Waals surface area contributed by atoms with Crippen LogP contribution in [0, 0.1) is 0 Å². The molecule has 11 heteroatoms. The summed E-state index contributed by atoms with van der Waals surface area (Å²) in [6, 6.07) is 11.4. The van der Waals surface area contributed by atoms with Crippen molar-refractivity contribution in [2.24, 2.45) is 0 Å². The Kier molecular flexibility index (Phi) is 11.3. The molecule has 1 aromatic heterocycles. The Bertz CT molecular complexity index is 1170. The van der Waals surface area contributed by atoms with Crippen molar-refractivity contribution < 1.29 is 37.7 Å². The number of aromatic nitrogens is 1. The Labute approximate surface area is 247 Å². The largest absolute Gasteiger partial charge is 0.458 e. The third kappa shape index (κ3) is 10.6. The summed E-state index contributed by atoms with van der Waals surface area (Å²) < 4.78 is 36.8. The highest BCUT2D eigenvalue weighted by molar-refractivity contribution is 5.85. The summed E-state index contributed by atoms with van der Waals surface area (Å²) in [5, 5.41) is 0. The predicted molar refractivity (Wildman–Crippen MR) is 155 cm³/mol. The van der Waals surface area contributed by atoms with Crippen molar-refractivity contribution in [1.82, 2.24) is 9.88 Å². The Morgan fingerprint density at radius 1 is 1.00 bits per heavy atom. The van der Waals surface area contributed by atoms with E-state index >= 15 is 0 Å². The minimum absolute atomic E-state index is 0.0271. The molecule has 0 N–H and O–H groups in total. The average molecular weight is 588 g/mol. The number of nitrogens with zero attached hydrogens (tertiary/aromatic N) is 3. The second kappa shape index (κ2) is 14.4. The van der Waals surface area contributed by atoms with Crippen molar-refractivity contribution in [2.75, 3.05) is 38.3 Å². The fourth-order valence-corrected chi connectivity index (χ4v) is 4.24. The second-order valence-corrected chi connectivity index (χ2v) is 11.9. The molecular formula is C31H42FN3O7. The van der Waals surface area contributed by atoms with Crippen molar-refractivity contribution in [2.45, 2.75) is 77.5 Å². The number of carbonyl (C=O) groups is 3. The van der Waals surface area contributed by atoms with Crippen LogP contribution in [0.5, 0.6) is 0 Å². The highest BCUT2D eigenvalue weighted by Gasteiger charge is 2.38. The summed E-state index contributed by atoms with van der Waals surface area (Å²) in [6.07, 6.45) is -0.972. The van der Waals surface area contributed by atoms with E-state index in [1.165, 1.54) is 20.9 Å². The van der Waals surface area contributed by atoms with Crippen LogP contribution >= 0.6 is 0 Å². The molecule has 0 bridgehead atoms. The highest BCUT2D eigenvalue weighted by Crippen LogP contribution is 2.23. The molecule has 42 heavy (non-hydrogen) atoms. The molecular weight excluding hydrogens is 545 g/mol. The zero-order valence-corrected chi connectivity index (χ0v) is 25.3. The minimum atomic E-state index is -1.83. The maximum Gasteiger partial charge on any atom is 0.410 e. The molecule has 2 heterocycles. The van der Waals surface area contributed by atoms with Crippen LogP contribution in [0.2, 0.25) is 0 Å². The summed E-state index contributed by atoms with van der Waals surface area (Å²) in [7, 11) is 1.34. The maximum atomic E-state index is 14.8. The molecule has 2 aromatic rings.